The lowest BCUT2D eigenvalue weighted by molar-refractivity contribution is -0.0320. The van der Waals surface area contributed by atoms with Crippen molar-refractivity contribution in [3.63, 3.8) is 0 Å². The third kappa shape index (κ3) is 9.93. The first-order chi connectivity index (χ1) is 11.8. The van der Waals surface area contributed by atoms with E-state index in [0.717, 1.165) is 64.6 Å². The summed E-state index contributed by atoms with van der Waals surface area (Å²) in [5, 5.41) is 6.67. The number of nitrogens with zero attached hydrogens (tertiary/aromatic N) is 1. The van der Waals surface area contributed by atoms with Crippen molar-refractivity contribution < 1.29 is 18.9 Å². The number of rotatable bonds is 9. The van der Waals surface area contributed by atoms with Crippen LogP contribution in [0.5, 0.6) is 0 Å². The second kappa shape index (κ2) is 14.0. The van der Waals surface area contributed by atoms with Crippen molar-refractivity contribution in [2.24, 2.45) is 4.99 Å². The smallest absolute Gasteiger partial charge is 0.191 e. The van der Waals surface area contributed by atoms with E-state index < -0.39 is 0 Å². The van der Waals surface area contributed by atoms with Gasteiger partial charge in [-0.05, 0) is 32.6 Å². The zero-order chi connectivity index (χ0) is 17.0. The molecular formula is C17H34IN3O4. The van der Waals surface area contributed by atoms with Gasteiger partial charge >= 0.3 is 0 Å². The Morgan fingerprint density at radius 2 is 1.84 bits per heavy atom. The predicted molar refractivity (Wildman–Crippen MR) is 109 cm³/mol. The van der Waals surface area contributed by atoms with Crippen molar-refractivity contribution in [3.05, 3.63) is 0 Å². The van der Waals surface area contributed by atoms with E-state index in [2.05, 4.69) is 22.5 Å². The summed E-state index contributed by atoms with van der Waals surface area (Å²) >= 11 is 0. The number of hydrogen-bond donors (Lipinski definition) is 2. The molecule has 2 atom stereocenters. The summed E-state index contributed by atoms with van der Waals surface area (Å²) in [7, 11) is 1.78. The van der Waals surface area contributed by atoms with E-state index in [1.165, 1.54) is 0 Å². The number of hydrogen-bond acceptors (Lipinski definition) is 5. The minimum Gasteiger partial charge on any atom is -0.381 e. The predicted octanol–water partition coefficient (Wildman–Crippen LogP) is 1.55. The molecule has 2 heterocycles. The maximum absolute atomic E-state index is 5.86. The highest BCUT2D eigenvalue weighted by atomic mass is 127. The average Bonchev–Trinajstić information content (AvgIpc) is 3.13. The third-order valence-electron chi connectivity index (χ3n) is 4.21. The van der Waals surface area contributed by atoms with E-state index in [-0.39, 0.29) is 36.1 Å². The summed E-state index contributed by atoms with van der Waals surface area (Å²) < 4.78 is 22.3. The largest absolute Gasteiger partial charge is 0.381 e. The Balaban J connectivity index is 0.00000312. The van der Waals surface area contributed by atoms with Crippen LogP contribution in [-0.2, 0) is 18.9 Å². The molecule has 0 saturated carbocycles. The molecule has 2 saturated heterocycles. The lowest BCUT2D eigenvalue weighted by Gasteiger charge is -2.22. The molecule has 0 aromatic carbocycles. The van der Waals surface area contributed by atoms with E-state index in [0.29, 0.717) is 19.3 Å². The highest BCUT2D eigenvalue weighted by Gasteiger charge is 2.17. The minimum absolute atomic E-state index is 0. The van der Waals surface area contributed by atoms with Gasteiger partial charge in [-0.3, -0.25) is 4.99 Å². The van der Waals surface area contributed by atoms with Crippen molar-refractivity contribution >= 4 is 29.9 Å². The quantitative estimate of drug-likeness (QED) is 0.230. The van der Waals surface area contributed by atoms with E-state index in [4.69, 9.17) is 18.9 Å². The van der Waals surface area contributed by atoms with Gasteiger partial charge in [0.15, 0.2) is 5.96 Å². The Bertz CT molecular complexity index is 362. The average molecular weight is 471 g/mol. The van der Waals surface area contributed by atoms with E-state index in [9.17, 15) is 0 Å². The first-order valence-corrected chi connectivity index (χ1v) is 9.14. The molecular weight excluding hydrogens is 437 g/mol. The van der Waals surface area contributed by atoms with Crippen LogP contribution < -0.4 is 10.6 Å². The molecule has 0 bridgehead atoms. The molecule has 7 nitrogen and oxygen atoms in total. The molecule has 2 unspecified atom stereocenters. The summed E-state index contributed by atoms with van der Waals surface area (Å²) in [6.07, 6.45) is 4.59. The Morgan fingerprint density at radius 1 is 1.12 bits per heavy atom. The van der Waals surface area contributed by atoms with Crippen LogP contribution in [0.25, 0.3) is 0 Å². The fourth-order valence-corrected chi connectivity index (χ4v) is 2.77. The Labute approximate surface area is 168 Å². The van der Waals surface area contributed by atoms with Crippen LogP contribution in [0.15, 0.2) is 4.99 Å². The molecule has 2 N–H and O–H groups in total. The molecule has 2 rings (SSSR count). The molecule has 0 aromatic rings. The summed E-state index contributed by atoms with van der Waals surface area (Å²) in [6, 6.07) is 0.204. The van der Waals surface area contributed by atoms with Crippen molar-refractivity contribution in [1.82, 2.24) is 10.6 Å². The second-order valence-electron chi connectivity index (χ2n) is 6.40. The molecule has 148 valence electrons. The normalized spacial score (nSPS) is 23.1. The number of aliphatic imine (C=N–C) groups is 1. The van der Waals surface area contributed by atoms with Crippen LogP contribution in [0.1, 0.15) is 32.6 Å². The summed E-state index contributed by atoms with van der Waals surface area (Å²) in [5.74, 6) is 0.805. The van der Waals surface area contributed by atoms with Crippen LogP contribution in [0, 0.1) is 0 Å². The maximum Gasteiger partial charge on any atom is 0.191 e. The highest BCUT2D eigenvalue weighted by Crippen LogP contribution is 2.10. The number of nitrogens with one attached hydrogen (secondary N) is 2. The van der Waals surface area contributed by atoms with Gasteiger partial charge < -0.3 is 29.6 Å². The molecule has 2 aliphatic heterocycles. The van der Waals surface area contributed by atoms with Crippen LogP contribution >= 0.6 is 24.0 Å². The SMILES string of the molecule is CN=C(NCCCOC1CCOCC1)NC(C)COC1CCOC1.I. The topological polar surface area (TPSA) is 73.3 Å². The third-order valence-corrected chi connectivity index (χ3v) is 4.21. The van der Waals surface area contributed by atoms with E-state index >= 15 is 0 Å². The molecule has 0 amide bonds. The summed E-state index contributed by atoms with van der Waals surface area (Å²) in [5.41, 5.74) is 0. The summed E-state index contributed by atoms with van der Waals surface area (Å²) in [4.78, 5) is 4.25. The van der Waals surface area contributed by atoms with Gasteiger partial charge in [0.05, 0.1) is 25.4 Å². The van der Waals surface area contributed by atoms with Gasteiger partial charge in [-0.15, -0.1) is 24.0 Å². The Morgan fingerprint density at radius 3 is 2.52 bits per heavy atom. The van der Waals surface area contributed by atoms with Gasteiger partial charge in [0, 0.05) is 46.1 Å². The standard InChI is InChI=1S/C17H33N3O4.HI/c1-14(12-24-16-6-11-22-13-16)20-17(18-2)19-7-3-8-23-15-4-9-21-10-5-15;/h14-16H,3-13H2,1-2H3,(H2,18,19,20);1H. The van der Waals surface area contributed by atoms with Gasteiger partial charge in [-0.25, -0.2) is 0 Å². The van der Waals surface area contributed by atoms with Crippen molar-refractivity contribution in [2.45, 2.75) is 50.9 Å². The second-order valence-corrected chi connectivity index (χ2v) is 6.40. The highest BCUT2D eigenvalue weighted by molar-refractivity contribution is 14.0. The fourth-order valence-electron chi connectivity index (χ4n) is 2.77. The number of guanidine groups is 1. The van der Waals surface area contributed by atoms with Crippen LogP contribution in [0.4, 0.5) is 0 Å². The summed E-state index contributed by atoms with van der Waals surface area (Å²) in [6.45, 7) is 7.54. The molecule has 0 radical (unpaired) electrons. The Kier molecular flexibility index (Phi) is 12.8. The zero-order valence-electron chi connectivity index (χ0n) is 15.5. The molecule has 8 heteroatoms. The van der Waals surface area contributed by atoms with Gasteiger partial charge in [-0.1, -0.05) is 0 Å². The molecule has 25 heavy (non-hydrogen) atoms. The lowest BCUT2D eigenvalue weighted by Crippen LogP contribution is -2.45. The molecule has 0 spiro atoms. The van der Waals surface area contributed by atoms with Crippen LogP contribution in [-0.4, -0.2) is 77.4 Å². The fraction of sp³-hybridized carbons (Fsp3) is 0.941. The Hall–Kier alpha value is -0.160. The van der Waals surface area contributed by atoms with Gasteiger partial charge in [0.25, 0.3) is 0 Å². The number of halogens is 1. The molecule has 0 aromatic heterocycles. The minimum atomic E-state index is 0. The molecule has 0 aliphatic carbocycles. The maximum atomic E-state index is 5.86. The lowest BCUT2D eigenvalue weighted by atomic mass is 10.1. The number of ether oxygens (including phenoxy) is 4. The monoisotopic (exact) mass is 471 g/mol. The van der Waals surface area contributed by atoms with Gasteiger partial charge in [0.2, 0.25) is 0 Å². The van der Waals surface area contributed by atoms with Crippen LogP contribution in [0.3, 0.4) is 0 Å². The first kappa shape index (κ1) is 22.9. The van der Waals surface area contributed by atoms with Crippen LogP contribution in [0.2, 0.25) is 0 Å². The molecule has 2 aliphatic rings. The van der Waals surface area contributed by atoms with E-state index in [1.54, 1.807) is 7.05 Å². The van der Waals surface area contributed by atoms with Gasteiger partial charge in [0.1, 0.15) is 0 Å². The van der Waals surface area contributed by atoms with E-state index in [1.807, 2.05) is 0 Å². The first-order valence-electron chi connectivity index (χ1n) is 9.14. The van der Waals surface area contributed by atoms with Crippen molar-refractivity contribution in [2.75, 3.05) is 53.2 Å². The zero-order valence-corrected chi connectivity index (χ0v) is 17.8. The van der Waals surface area contributed by atoms with Gasteiger partial charge in [-0.2, -0.15) is 0 Å². The van der Waals surface area contributed by atoms with Crippen molar-refractivity contribution in [3.8, 4) is 0 Å². The van der Waals surface area contributed by atoms with Crippen molar-refractivity contribution in [1.29, 1.82) is 0 Å². The molecule has 2 fully saturated rings.